The summed E-state index contributed by atoms with van der Waals surface area (Å²) in [7, 11) is 0. The third-order valence-electron chi connectivity index (χ3n) is 2.97. The number of hydrogen-bond donors (Lipinski definition) is 1. The first-order valence-electron chi connectivity index (χ1n) is 6.83. The van der Waals surface area contributed by atoms with Gasteiger partial charge in [0.25, 0.3) is 0 Å². The molecule has 2 rings (SSSR count). The molecule has 1 N–H and O–H groups in total. The highest BCUT2D eigenvalue weighted by Gasteiger charge is 2.01. The molecule has 2 nitrogen and oxygen atoms in total. The Morgan fingerprint density at radius 3 is 2.65 bits per heavy atom. The van der Waals surface area contributed by atoms with Crippen LogP contribution in [0.15, 0.2) is 53.0 Å². The van der Waals surface area contributed by atoms with Gasteiger partial charge in [-0.05, 0) is 23.8 Å². The third-order valence-corrected chi connectivity index (χ3v) is 3.74. The molecule has 0 aliphatic carbocycles. The van der Waals surface area contributed by atoms with E-state index in [1.807, 2.05) is 30.3 Å². The van der Waals surface area contributed by atoms with Gasteiger partial charge in [-0.1, -0.05) is 60.1 Å². The van der Waals surface area contributed by atoms with Gasteiger partial charge in [-0.25, -0.2) is 0 Å². The van der Waals surface area contributed by atoms with Crippen LogP contribution in [-0.4, -0.2) is 6.04 Å². The zero-order valence-corrected chi connectivity index (χ0v) is 13.5. The Balaban J connectivity index is 1.96. The maximum Gasteiger partial charge on any atom is 0.120 e. The number of ether oxygens (including phenoxy) is 1. The molecule has 0 unspecified atom stereocenters. The summed E-state index contributed by atoms with van der Waals surface area (Å²) in [4.78, 5) is 0. The molecule has 0 aliphatic heterocycles. The average molecular weight is 334 g/mol. The summed E-state index contributed by atoms with van der Waals surface area (Å²) in [6.45, 7) is 5.73. The Kier molecular flexibility index (Phi) is 5.62. The zero-order chi connectivity index (χ0) is 14.4. The molecule has 3 heteroatoms. The van der Waals surface area contributed by atoms with Crippen LogP contribution in [0.25, 0.3) is 0 Å². The van der Waals surface area contributed by atoms with E-state index in [2.05, 4.69) is 53.3 Å². The van der Waals surface area contributed by atoms with Crippen molar-refractivity contribution < 1.29 is 4.74 Å². The van der Waals surface area contributed by atoms with Crippen molar-refractivity contribution in [2.45, 2.75) is 33.0 Å². The summed E-state index contributed by atoms with van der Waals surface area (Å²) < 4.78 is 6.94. The van der Waals surface area contributed by atoms with Crippen molar-refractivity contribution in [1.82, 2.24) is 5.32 Å². The van der Waals surface area contributed by atoms with Crippen LogP contribution >= 0.6 is 15.9 Å². The van der Waals surface area contributed by atoms with E-state index < -0.39 is 0 Å². The summed E-state index contributed by atoms with van der Waals surface area (Å²) in [5.74, 6) is 0.906. The van der Waals surface area contributed by atoms with Crippen molar-refractivity contribution in [3.05, 3.63) is 64.1 Å². The fourth-order valence-electron chi connectivity index (χ4n) is 1.84. The van der Waals surface area contributed by atoms with Gasteiger partial charge >= 0.3 is 0 Å². The fourth-order valence-corrected chi connectivity index (χ4v) is 2.24. The molecule has 0 fully saturated rings. The van der Waals surface area contributed by atoms with Crippen LogP contribution in [0.5, 0.6) is 5.75 Å². The molecule has 106 valence electrons. The van der Waals surface area contributed by atoms with E-state index in [4.69, 9.17) is 4.74 Å². The van der Waals surface area contributed by atoms with E-state index in [0.717, 1.165) is 22.3 Å². The van der Waals surface area contributed by atoms with Crippen molar-refractivity contribution in [2.24, 2.45) is 0 Å². The molecule has 0 spiro atoms. The van der Waals surface area contributed by atoms with Crippen molar-refractivity contribution in [3.63, 3.8) is 0 Å². The van der Waals surface area contributed by atoms with Crippen LogP contribution in [0.4, 0.5) is 0 Å². The van der Waals surface area contributed by atoms with E-state index in [-0.39, 0.29) is 0 Å². The van der Waals surface area contributed by atoms with E-state index in [0.29, 0.717) is 12.6 Å². The van der Waals surface area contributed by atoms with Gasteiger partial charge in [-0.2, -0.15) is 0 Å². The second-order valence-corrected chi connectivity index (χ2v) is 5.92. The van der Waals surface area contributed by atoms with Gasteiger partial charge in [-0.15, -0.1) is 0 Å². The predicted molar refractivity (Wildman–Crippen MR) is 86.9 cm³/mol. The molecule has 0 amide bonds. The molecule has 0 atom stereocenters. The average Bonchev–Trinajstić information content (AvgIpc) is 2.45. The topological polar surface area (TPSA) is 21.3 Å². The molecule has 0 radical (unpaired) electrons. The van der Waals surface area contributed by atoms with Crippen molar-refractivity contribution in [1.29, 1.82) is 0 Å². The molecule has 0 bridgehead atoms. The van der Waals surface area contributed by atoms with Gasteiger partial charge < -0.3 is 10.1 Å². The second-order valence-electron chi connectivity index (χ2n) is 5.06. The maximum absolute atomic E-state index is 5.86. The van der Waals surface area contributed by atoms with Crippen molar-refractivity contribution in [3.8, 4) is 5.75 Å². The van der Waals surface area contributed by atoms with Gasteiger partial charge in [0, 0.05) is 22.6 Å². The van der Waals surface area contributed by atoms with Crippen molar-refractivity contribution >= 4 is 15.9 Å². The minimum atomic E-state index is 0.486. The van der Waals surface area contributed by atoms with Crippen LogP contribution in [0.1, 0.15) is 25.0 Å². The maximum atomic E-state index is 5.86. The summed E-state index contributed by atoms with van der Waals surface area (Å²) in [6, 6.07) is 16.8. The Bertz CT molecular complexity index is 554. The Morgan fingerprint density at radius 2 is 1.90 bits per heavy atom. The molecular formula is C17H20BrNO. The normalized spacial score (nSPS) is 10.8. The first-order valence-corrected chi connectivity index (χ1v) is 7.63. The van der Waals surface area contributed by atoms with Gasteiger partial charge in [0.2, 0.25) is 0 Å². The SMILES string of the molecule is CC(C)NCc1cccc(OCc2ccccc2Br)c1. The highest BCUT2D eigenvalue weighted by Crippen LogP contribution is 2.19. The zero-order valence-electron chi connectivity index (χ0n) is 11.9. The molecule has 0 saturated heterocycles. The standard InChI is InChI=1S/C17H20BrNO/c1-13(2)19-11-14-6-5-8-16(10-14)20-12-15-7-3-4-9-17(15)18/h3-10,13,19H,11-12H2,1-2H3. The van der Waals surface area contributed by atoms with Gasteiger partial charge in [0.05, 0.1) is 0 Å². The first-order chi connectivity index (χ1) is 9.65. The number of rotatable bonds is 6. The number of nitrogens with one attached hydrogen (secondary N) is 1. The highest BCUT2D eigenvalue weighted by atomic mass is 79.9. The third kappa shape index (κ3) is 4.66. The van der Waals surface area contributed by atoms with E-state index >= 15 is 0 Å². The van der Waals surface area contributed by atoms with Crippen molar-refractivity contribution in [2.75, 3.05) is 0 Å². The monoisotopic (exact) mass is 333 g/mol. The molecule has 2 aromatic rings. The number of hydrogen-bond acceptors (Lipinski definition) is 2. The lowest BCUT2D eigenvalue weighted by Gasteiger charge is -2.11. The lowest BCUT2D eigenvalue weighted by Crippen LogP contribution is -2.21. The Hall–Kier alpha value is -1.32. The number of halogens is 1. The van der Waals surface area contributed by atoms with Crippen LogP contribution in [0.2, 0.25) is 0 Å². The van der Waals surface area contributed by atoms with E-state index in [1.165, 1.54) is 5.56 Å². The minimum Gasteiger partial charge on any atom is -0.489 e. The summed E-state index contributed by atoms with van der Waals surface area (Å²) >= 11 is 3.54. The molecular weight excluding hydrogens is 314 g/mol. The van der Waals surface area contributed by atoms with Gasteiger partial charge in [0.1, 0.15) is 12.4 Å². The largest absolute Gasteiger partial charge is 0.489 e. The molecule has 0 heterocycles. The van der Waals surface area contributed by atoms with Gasteiger partial charge in [0.15, 0.2) is 0 Å². The first kappa shape index (κ1) is 15.1. The summed E-state index contributed by atoms with van der Waals surface area (Å²) in [5, 5.41) is 3.41. The molecule has 0 aromatic heterocycles. The summed E-state index contributed by atoms with van der Waals surface area (Å²) in [6.07, 6.45) is 0. The Morgan fingerprint density at radius 1 is 1.10 bits per heavy atom. The smallest absolute Gasteiger partial charge is 0.120 e. The molecule has 0 saturated carbocycles. The quantitative estimate of drug-likeness (QED) is 0.838. The predicted octanol–water partition coefficient (Wildman–Crippen LogP) is 4.53. The van der Waals surface area contributed by atoms with Crippen LogP contribution in [-0.2, 0) is 13.2 Å². The van der Waals surface area contributed by atoms with Crippen LogP contribution in [0, 0.1) is 0 Å². The number of benzene rings is 2. The molecule has 0 aliphatic rings. The minimum absolute atomic E-state index is 0.486. The van der Waals surface area contributed by atoms with E-state index in [1.54, 1.807) is 0 Å². The van der Waals surface area contributed by atoms with Crippen LogP contribution in [0.3, 0.4) is 0 Å². The molecule has 20 heavy (non-hydrogen) atoms. The van der Waals surface area contributed by atoms with E-state index in [9.17, 15) is 0 Å². The molecule has 2 aromatic carbocycles. The Labute approximate surface area is 129 Å². The lowest BCUT2D eigenvalue weighted by atomic mass is 10.2. The second kappa shape index (κ2) is 7.46. The lowest BCUT2D eigenvalue weighted by molar-refractivity contribution is 0.305. The highest BCUT2D eigenvalue weighted by molar-refractivity contribution is 9.10. The fraction of sp³-hybridized carbons (Fsp3) is 0.294. The van der Waals surface area contributed by atoms with Crippen LogP contribution < -0.4 is 10.1 Å². The van der Waals surface area contributed by atoms with Gasteiger partial charge in [-0.3, -0.25) is 0 Å². The summed E-state index contributed by atoms with van der Waals surface area (Å²) in [5.41, 5.74) is 2.39.